The number of ether oxygens (including phenoxy) is 1. The molecule has 0 saturated carbocycles. The van der Waals surface area contributed by atoms with E-state index >= 15 is 0 Å². The van der Waals surface area contributed by atoms with Gasteiger partial charge >= 0.3 is 0 Å². The Balaban J connectivity index is 2.52. The van der Waals surface area contributed by atoms with E-state index in [-0.39, 0.29) is 11.2 Å². The van der Waals surface area contributed by atoms with Gasteiger partial charge in [0.25, 0.3) is 0 Å². The van der Waals surface area contributed by atoms with Crippen LogP contribution in [0.25, 0.3) is 0 Å². The molecule has 1 rings (SSSR count). The second-order valence-corrected chi connectivity index (χ2v) is 3.34. The minimum Gasteiger partial charge on any atom is -0.363 e. The van der Waals surface area contributed by atoms with Gasteiger partial charge < -0.3 is 4.74 Å². The van der Waals surface area contributed by atoms with Crippen molar-refractivity contribution < 1.29 is 4.74 Å². The Bertz CT molecular complexity index is 138. The summed E-state index contributed by atoms with van der Waals surface area (Å²) in [7, 11) is 0. The second kappa shape index (κ2) is 1.60. The maximum absolute atomic E-state index is 5.46. The lowest BCUT2D eigenvalue weighted by Crippen LogP contribution is -2.14. The molecule has 0 aromatic carbocycles. The highest BCUT2D eigenvalue weighted by molar-refractivity contribution is 5.09. The minimum absolute atomic E-state index is 0.0781. The molecular weight excluding hydrogens is 112 g/mol. The van der Waals surface area contributed by atoms with Gasteiger partial charge in [0.1, 0.15) is 0 Å². The van der Waals surface area contributed by atoms with E-state index in [0.29, 0.717) is 0 Å². The molecule has 0 spiro atoms. The Hall–Kier alpha value is -0.300. The van der Waals surface area contributed by atoms with E-state index in [9.17, 15) is 0 Å². The summed E-state index contributed by atoms with van der Waals surface area (Å²) >= 11 is 0. The van der Waals surface area contributed by atoms with Crippen LogP contribution in [0, 0.1) is 0 Å². The Labute approximate surface area is 56.7 Å². The molecular formula is C8H14O. The molecule has 1 aliphatic heterocycles. The van der Waals surface area contributed by atoms with Crippen LogP contribution in [0.1, 0.15) is 27.2 Å². The van der Waals surface area contributed by atoms with Gasteiger partial charge in [0.15, 0.2) is 0 Å². The number of epoxide rings is 1. The van der Waals surface area contributed by atoms with E-state index in [1.165, 1.54) is 0 Å². The van der Waals surface area contributed by atoms with Gasteiger partial charge in [-0.15, -0.1) is 6.58 Å². The van der Waals surface area contributed by atoms with Gasteiger partial charge in [0.05, 0.1) is 11.2 Å². The Kier molecular flexibility index (Phi) is 1.21. The monoisotopic (exact) mass is 126 g/mol. The zero-order chi connectivity index (χ0) is 7.12. The van der Waals surface area contributed by atoms with E-state index in [0.717, 1.165) is 6.42 Å². The van der Waals surface area contributed by atoms with Crippen LogP contribution in [-0.2, 0) is 4.74 Å². The smallest absolute Gasteiger partial charge is 0.0980 e. The fraction of sp³-hybridized carbons (Fsp3) is 0.750. The summed E-state index contributed by atoms with van der Waals surface area (Å²) in [4.78, 5) is 0. The molecule has 1 heteroatoms. The lowest BCUT2D eigenvalue weighted by Gasteiger charge is -2.02. The van der Waals surface area contributed by atoms with Gasteiger partial charge in [-0.2, -0.15) is 0 Å². The van der Waals surface area contributed by atoms with Gasteiger partial charge in [-0.1, -0.05) is 6.08 Å². The van der Waals surface area contributed by atoms with Crippen LogP contribution in [0.15, 0.2) is 12.7 Å². The van der Waals surface area contributed by atoms with E-state index in [1.54, 1.807) is 0 Å². The van der Waals surface area contributed by atoms with E-state index in [2.05, 4.69) is 27.4 Å². The third kappa shape index (κ3) is 0.897. The molecule has 0 aromatic rings. The molecule has 1 atom stereocenters. The zero-order valence-electron chi connectivity index (χ0n) is 6.40. The molecule has 1 unspecified atom stereocenters. The average Bonchev–Trinajstić information content (AvgIpc) is 2.07. The molecule has 52 valence electrons. The fourth-order valence-corrected chi connectivity index (χ4v) is 1.10. The topological polar surface area (TPSA) is 12.5 Å². The first kappa shape index (κ1) is 6.81. The molecule has 1 fully saturated rings. The van der Waals surface area contributed by atoms with Crippen molar-refractivity contribution in [3.05, 3.63) is 12.7 Å². The molecule has 0 aromatic heterocycles. The maximum Gasteiger partial charge on any atom is 0.0980 e. The van der Waals surface area contributed by atoms with Crippen molar-refractivity contribution in [2.75, 3.05) is 0 Å². The third-order valence-corrected chi connectivity index (χ3v) is 2.25. The Morgan fingerprint density at radius 1 is 1.44 bits per heavy atom. The standard InChI is InChI=1S/C8H14O/c1-5-6-8(4)7(2,3)9-8/h5H,1,6H2,2-4H3. The van der Waals surface area contributed by atoms with Gasteiger partial charge in [0, 0.05) is 0 Å². The molecule has 0 radical (unpaired) electrons. The molecule has 1 nitrogen and oxygen atoms in total. The van der Waals surface area contributed by atoms with Crippen molar-refractivity contribution in [2.45, 2.75) is 38.4 Å². The van der Waals surface area contributed by atoms with Crippen LogP contribution in [0.4, 0.5) is 0 Å². The zero-order valence-corrected chi connectivity index (χ0v) is 6.40. The summed E-state index contributed by atoms with van der Waals surface area (Å²) in [6, 6.07) is 0. The van der Waals surface area contributed by atoms with Crippen LogP contribution in [0.3, 0.4) is 0 Å². The summed E-state index contributed by atoms with van der Waals surface area (Å²) in [5.41, 5.74) is 0.163. The molecule has 0 bridgehead atoms. The number of rotatable bonds is 2. The van der Waals surface area contributed by atoms with Crippen LogP contribution >= 0.6 is 0 Å². The van der Waals surface area contributed by atoms with Crippen LogP contribution in [0.2, 0.25) is 0 Å². The second-order valence-electron chi connectivity index (χ2n) is 3.34. The highest BCUT2D eigenvalue weighted by Crippen LogP contribution is 2.49. The maximum atomic E-state index is 5.46. The van der Waals surface area contributed by atoms with Gasteiger partial charge in [-0.25, -0.2) is 0 Å². The van der Waals surface area contributed by atoms with Crippen LogP contribution < -0.4 is 0 Å². The van der Waals surface area contributed by atoms with Crippen LogP contribution in [0.5, 0.6) is 0 Å². The first-order valence-corrected chi connectivity index (χ1v) is 3.33. The summed E-state index contributed by atoms with van der Waals surface area (Å²) in [5.74, 6) is 0. The third-order valence-electron chi connectivity index (χ3n) is 2.25. The largest absolute Gasteiger partial charge is 0.363 e. The first-order chi connectivity index (χ1) is 4.02. The lowest BCUT2D eigenvalue weighted by molar-refractivity contribution is 0.286. The van der Waals surface area contributed by atoms with Crippen molar-refractivity contribution in [1.82, 2.24) is 0 Å². The van der Waals surface area contributed by atoms with Crippen molar-refractivity contribution in [3.8, 4) is 0 Å². The minimum atomic E-state index is 0.0781. The molecule has 9 heavy (non-hydrogen) atoms. The number of hydrogen-bond acceptors (Lipinski definition) is 1. The van der Waals surface area contributed by atoms with Crippen molar-refractivity contribution in [3.63, 3.8) is 0 Å². The Morgan fingerprint density at radius 2 is 1.89 bits per heavy atom. The average molecular weight is 126 g/mol. The van der Waals surface area contributed by atoms with Gasteiger partial charge in [-0.05, 0) is 27.2 Å². The number of hydrogen-bond donors (Lipinski definition) is 0. The first-order valence-electron chi connectivity index (χ1n) is 3.33. The van der Waals surface area contributed by atoms with E-state index < -0.39 is 0 Å². The molecule has 0 aliphatic carbocycles. The molecule has 1 heterocycles. The molecule has 0 N–H and O–H groups in total. The predicted octanol–water partition coefficient (Wildman–Crippen LogP) is 2.13. The van der Waals surface area contributed by atoms with Crippen molar-refractivity contribution in [2.24, 2.45) is 0 Å². The van der Waals surface area contributed by atoms with Gasteiger partial charge in [0.2, 0.25) is 0 Å². The van der Waals surface area contributed by atoms with Crippen LogP contribution in [-0.4, -0.2) is 11.2 Å². The Morgan fingerprint density at radius 3 is 2.00 bits per heavy atom. The quantitative estimate of drug-likeness (QED) is 0.408. The summed E-state index contributed by atoms with van der Waals surface area (Å²) < 4.78 is 5.46. The highest BCUT2D eigenvalue weighted by atomic mass is 16.6. The SMILES string of the molecule is C=CCC1(C)OC1(C)C. The van der Waals surface area contributed by atoms with E-state index in [4.69, 9.17) is 4.74 Å². The summed E-state index contributed by atoms with van der Waals surface area (Å²) in [6.45, 7) is 10.0. The highest BCUT2D eigenvalue weighted by Gasteiger charge is 2.58. The van der Waals surface area contributed by atoms with Gasteiger partial charge in [-0.3, -0.25) is 0 Å². The molecule has 1 saturated heterocycles. The fourth-order valence-electron chi connectivity index (χ4n) is 1.10. The van der Waals surface area contributed by atoms with Crippen molar-refractivity contribution in [1.29, 1.82) is 0 Å². The normalized spacial score (nSPS) is 38.1. The lowest BCUT2D eigenvalue weighted by atomic mass is 9.95. The van der Waals surface area contributed by atoms with E-state index in [1.807, 2.05) is 6.08 Å². The molecule has 1 aliphatic rings. The predicted molar refractivity (Wildman–Crippen MR) is 38.4 cm³/mol. The van der Waals surface area contributed by atoms with Crippen molar-refractivity contribution >= 4 is 0 Å². The summed E-state index contributed by atoms with van der Waals surface area (Å²) in [5, 5.41) is 0. The summed E-state index contributed by atoms with van der Waals surface area (Å²) in [6.07, 6.45) is 2.87. The molecule has 0 amide bonds.